The maximum Gasteiger partial charge on any atom is 0.00233 e. The molecule has 1 unspecified atom stereocenters. The Labute approximate surface area is 80.2 Å². The van der Waals surface area contributed by atoms with Gasteiger partial charge in [-0.15, -0.1) is 0 Å². The summed E-state index contributed by atoms with van der Waals surface area (Å²) in [7, 11) is 0. The topological polar surface area (TPSA) is 12.0 Å². The standard InChI is InChI=1S/C12H17N/c1-9-3-5-11(6-4-9)12-8-13-7-10(12)2/h3-6,10,12-13H,7-8H2,1-2H3/t10-,12?/m1/s1. The van der Waals surface area contributed by atoms with Crippen LogP contribution in [0.3, 0.4) is 0 Å². The molecule has 1 aromatic rings. The molecule has 1 N–H and O–H groups in total. The van der Waals surface area contributed by atoms with Crippen LogP contribution in [-0.4, -0.2) is 13.1 Å². The second-order valence-corrected chi connectivity index (χ2v) is 4.15. The highest BCUT2D eigenvalue weighted by molar-refractivity contribution is 5.26. The van der Waals surface area contributed by atoms with Gasteiger partial charge < -0.3 is 5.32 Å². The smallest absolute Gasteiger partial charge is 0.00233 e. The Morgan fingerprint density at radius 1 is 1.15 bits per heavy atom. The molecular weight excluding hydrogens is 158 g/mol. The summed E-state index contributed by atoms with van der Waals surface area (Å²) < 4.78 is 0. The van der Waals surface area contributed by atoms with Crippen molar-refractivity contribution in [1.82, 2.24) is 5.32 Å². The Balaban J connectivity index is 2.20. The van der Waals surface area contributed by atoms with Crippen molar-refractivity contribution in [3.63, 3.8) is 0 Å². The Kier molecular flexibility index (Phi) is 2.36. The molecule has 0 amide bonds. The molecule has 0 aromatic heterocycles. The quantitative estimate of drug-likeness (QED) is 0.690. The number of rotatable bonds is 1. The summed E-state index contributed by atoms with van der Waals surface area (Å²) in [6.45, 7) is 6.77. The first kappa shape index (κ1) is 8.76. The van der Waals surface area contributed by atoms with Crippen molar-refractivity contribution in [1.29, 1.82) is 0 Å². The lowest BCUT2D eigenvalue weighted by Gasteiger charge is -2.14. The SMILES string of the molecule is Cc1ccc(C2CNC[C@H]2C)cc1. The Bertz CT molecular complexity index is 276. The zero-order chi connectivity index (χ0) is 9.26. The number of hydrogen-bond donors (Lipinski definition) is 1. The maximum atomic E-state index is 3.44. The predicted molar refractivity (Wildman–Crippen MR) is 56.0 cm³/mol. The van der Waals surface area contributed by atoms with Gasteiger partial charge in [-0.3, -0.25) is 0 Å². The largest absolute Gasteiger partial charge is 0.316 e. The average molecular weight is 175 g/mol. The van der Waals surface area contributed by atoms with E-state index < -0.39 is 0 Å². The molecule has 2 atom stereocenters. The Morgan fingerprint density at radius 2 is 1.85 bits per heavy atom. The van der Waals surface area contributed by atoms with Crippen molar-refractivity contribution < 1.29 is 0 Å². The zero-order valence-electron chi connectivity index (χ0n) is 8.38. The molecule has 1 nitrogen and oxygen atoms in total. The number of benzene rings is 1. The molecule has 1 aliphatic rings. The molecule has 1 fully saturated rings. The molecule has 0 radical (unpaired) electrons. The first-order chi connectivity index (χ1) is 6.27. The molecule has 2 rings (SSSR count). The van der Waals surface area contributed by atoms with Crippen molar-refractivity contribution in [2.45, 2.75) is 19.8 Å². The van der Waals surface area contributed by atoms with Gasteiger partial charge >= 0.3 is 0 Å². The highest BCUT2D eigenvalue weighted by Crippen LogP contribution is 2.27. The monoisotopic (exact) mass is 175 g/mol. The molecule has 1 heterocycles. The molecular formula is C12H17N. The van der Waals surface area contributed by atoms with Gasteiger partial charge in [0.05, 0.1) is 0 Å². The van der Waals surface area contributed by atoms with Gasteiger partial charge in [0, 0.05) is 12.5 Å². The van der Waals surface area contributed by atoms with Crippen LogP contribution >= 0.6 is 0 Å². The van der Waals surface area contributed by atoms with Gasteiger partial charge in [0.1, 0.15) is 0 Å². The van der Waals surface area contributed by atoms with Crippen LogP contribution in [0.4, 0.5) is 0 Å². The van der Waals surface area contributed by atoms with Gasteiger partial charge in [0.2, 0.25) is 0 Å². The summed E-state index contributed by atoms with van der Waals surface area (Å²) in [5.41, 5.74) is 2.84. The van der Waals surface area contributed by atoms with Crippen molar-refractivity contribution in [2.24, 2.45) is 5.92 Å². The lowest BCUT2D eigenvalue weighted by molar-refractivity contribution is 0.572. The summed E-state index contributed by atoms with van der Waals surface area (Å²) in [5, 5.41) is 3.44. The van der Waals surface area contributed by atoms with E-state index in [2.05, 4.69) is 43.4 Å². The van der Waals surface area contributed by atoms with Crippen LogP contribution in [0.5, 0.6) is 0 Å². The summed E-state index contributed by atoms with van der Waals surface area (Å²) in [4.78, 5) is 0. The second-order valence-electron chi connectivity index (χ2n) is 4.15. The second kappa shape index (κ2) is 3.51. The van der Waals surface area contributed by atoms with Crippen LogP contribution < -0.4 is 5.32 Å². The average Bonchev–Trinajstić information content (AvgIpc) is 2.53. The van der Waals surface area contributed by atoms with Gasteiger partial charge in [0.15, 0.2) is 0 Å². The number of nitrogens with one attached hydrogen (secondary N) is 1. The van der Waals surface area contributed by atoms with E-state index in [0.717, 1.165) is 18.4 Å². The molecule has 1 aliphatic heterocycles. The van der Waals surface area contributed by atoms with Gasteiger partial charge in [-0.2, -0.15) is 0 Å². The summed E-state index contributed by atoms with van der Waals surface area (Å²) in [5.74, 6) is 1.50. The van der Waals surface area contributed by atoms with Crippen molar-refractivity contribution in [3.8, 4) is 0 Å². The first-order valence-corrected chi connectivity index (χ1v) is 5.04. The van der Waals surface area contributed by atoms with Crippen LogP contribution in [0.1, 0.15) is 24.0 Å². The normalized spacial score (nSPS) is 27.8. The molecule has 70 valence electrons. The van der Waals surface area contributed by atoms with E-state index in [1.165, 1.54) is 17.7 Å². The van der Waals surface area contributed by atoms with Crippen LogP contribution in [0.15, 0.2) is 24.3 Å². The number of hydrogen-bond acceptors (Lipinski definition) is 1. The van der Waals surface area contributed by atoms with E-state index in [4.69, 9.17) is 0 Å². The fourth-order valence-electron chi connectivity index (χ4n) is 2.07. The number of aryl methyl sites for hydroxylation is 1. The molecule has 0 aliphatic carbocycles. The zero-order valence-corrected chi connectivity index (χ0v) is 8.38. The summed E-state index contributed by atoms with van der Waals surface area (Å²) >= 11 is 0. The summed E-state index contributed by atoms with van der Waals surface area (Å²) in [6, 6.07) is 8.95. The van der Waals surface area contributed by atoms with E-state index in [9.17, 15) is 0 Å². The van der Waals surface area contributed by atoms with E-state index in [0.29, 0.717) is 0 Å². The molecule has 0 bridgehead atoms. The summed E-state index contributed by atoms with van der Waals surface area (Å²) in [6.07, 6.45) is 0. The van der Waals surface area contributed by atoms with Crippen LogP contribution in [0, 0.1) is 12.8 Å². The molecule has 0 saturated carbocycles. The first-order valence-electron chi connectivity index (χ1n) is 5.04. The van der Waals surface area contributed by atoms with E-state index in [1.54, 1.807) is 0 Å². The van der Waals surface area contributed by atoms with Crippen LogP contribution in [0.25, 0.3) is 0 Å². The third kappa shape index (κ3) is 1.75. The fourth-order valence-corrected chi connectivity index (χ4v) is 2.07. The predicted octanol–water partition coefficient (Wildman–Crippen LogP) is 2.32. The molecule has 13 heavy (non-hydrogen) atoms. The van der Waals surface area contributed by atoms with Crippen LogP contribution in [0.2, 0.25) is 0 Å². The minimum atomic E-state index is 0.723. The molecule has 1 aromatic carbocycles. The van der Waals surface area contributed by atoms with Gasteiger partial charge in [0.25, 0.3) is 0 Å². The maximum absolute atomic E-state index is 3.44. The fraction of sp³-hybridized carbons (Fsp3) is 0.500. The highest BCUT2D eigenvalue weighted by atomic mass is 14.9. The van der Waals surface area contributed by atoms with Crippen molar-refractivity contribution in [2.75, 3.05) is 13.1 Å². The van der Waals surface area contributed by atoms with Gasteiger partial charge in [-0.25, -0.2) is 0 Å². The van der Waals surface area contributed by atoms with Crippen LogP contribution in [-0.2, 0) is 0 Å². The van der Waals surface area contributed by atoms with Gasteiger partial charge in [-0.1, -0.05) is 36.8 Å². The van der Waals surface area contributed by atoms with Gasteiger partial charge in [-0.05, 0) is 24.9 Å². The third-order valence-electron chi connectivity index (χ3n) is 3.02. The lowest BCUT2D eigenvalue weighted by atomic mass is 9.90. The lowest BCUT2D eigenvalue weighted by Crippen LogP contribution is -2.07. The highest BCUT2D eigenvalue weighted by Gasteiger charge is 2.23. The molecule has 1 heteroatoms. The molecule has 1 saturated heterocycles. The minimum absolute atomic E-state index is 0.723. The minimum Gasteiger partial charge on any atom is -0.316 e. The Morgan fingerprint density at radius 3 is 2.38 bits per heavy atom. The van der Waals surface area contributed by atoms with Crippen molar-refractivity contribution in [3.05, 3.63) is 35.4 Å². The van der Waals surface area contributed by atoms with Crippen molar-refractivity contribution >= 4 is 0 Å². The molecule has 0 spiro atoms. The van der Waals surface area contributed by atoms with E-state index in [1.807, 2.05) is 0 Å². The van der Waals surface area contributed by atoms with E-state index >= 15 is 0 Å². The van der Waals surface area contributed by atoms with E-state index in [-0.39, 0.29) is 0 Å². The Hall–Kier alpha value is -0.820. The third-order valence-corrected chi connectivity index (χ3v) is 3.02.